The van der Waals surface area contributed by atoms with Crippen molar-refractivity contribution in [2.45, 2.75) is 51.4 Å². The fourth-order valence-corrected chi connectivity index (χ4v) is 3.80. The molecule has 0 unspecified atom stereocenters. The largest absolute Gasteiger partial charge is 0.207 e. The van der Waals surface area contributed by atoms with Crippen molar-refractivity contribution in [3.63, 3.8) is 0 Å². The van der Waals surface area contributed by atoms with Gasteiger partial charge in [-0.25, -0.2) is 13.2 Å². The molecule has 1 saturated carbocycles. The van der Waals surface area contributed by atoms with Crippen LogP contribution in [-0.2, 0) is 6.42 Å². The summed E-state index contributed by atoms with van der Waals surface area (Å²) in [6, 6.07) is 10.2. The van der Waals surface area contributed by atoms with E-state index in [-0.39, 0.29) is 11.7 Å². The van der Waals surface area contributed by atoms with E-state index in [1.54, 1.807) is 31.2 Å². The zero-order valence-corrected chi connectivity index (χ0v) is 14.0. The highest BCUT2D eigenvalue weighted by Crippen LogP contribution is 2.39. The number of benzene rings is 2. The highest BCUT2D eigenvalue weighted by molar-refractivity contribution is 5.28. The summed E-state index contributed by atoms with van der Waals surface area (Å²) in [6.07, 6.45) is 5.74. The van der Waals surface area contributed by atoms with Gasteiger partial charge in [0.25, 0.3) is 0 Å². The molecule has 0 amide bonds. The van der Waals surface area contributed by atoms with Gasteiger partial charge in [0.1, 0.15) is 5.82 Å². The van der Waals surface area contributed by atoms with E-state index in [2.05, 4.69) is 0 Å². The SMILES string of the molecule is Cc1ccc(C2CCC(CCc3cccc(F)c3)CC2)c(F)c1F. The zero-order valence-electron chi connectivity index (χ0n) is 14.0. The lowest BCUT2D eigenvalue weighted by Gasteiger charge is -2.29. The predicted octanol–water partition coefficient (Wildman–Crippen LogP) is 6.32. The summed E-state index contributed by atoms with van der Waals surface area (Å²) in [7, 11) is 0. The third kappa shape index (κ3) is 3.82. The van der Waals surface area contributed by atoms with Crippen molar-refractivity contribution >= 4 is 0 Å². The number of aryl methyl sites for hydroxylation is 2. The van der Waals surface area contributed by atoms with E-state index < -0.39 is 11.6 Å². The molecule has 128 valence electrons. The van der Waals surface area contributed by atoms with Crippen molar-refractivity contribution < 1.29 is 13.2 Å². The molecule has 0 aromatic heterocycles. The molecule has 2 aromatic carbocycles. The summed E-state index contributed by atoms with van der Waals surface area (Å²) in [5.74, 6) is -0.861. The Hall–Kier alpha value is -1.77. The lowest BCUT2D eigenvalue weighted by molar-refractivity contribution is 0.304. The van der Waals surface area contributed by atoms with Gasteiger partial charge in [0.05, 0.1) is 0 Å². The maximum absolute atomic E-state index is 14.1. The van der Waals surface area contributed by atoms with Gasteiger partial charge in [-0.15, -0.1) is 0 Å². The average Bonchev–Trinajstić information content (AvgIpc) is 2.59. The highest BCUT2D eigenvalue weighted by Gasteiger charge is 2.25. The van der Waals surface area contributed by atoms with Crippen LogP contribution in [0.4, 0.5) is 13.2 Å². The molecule has 0 saturated heterocycles. The van der Waals surface area contributed by atoms with Gasteiger partial charge in [-0.1, -0.05) is 24.3 Å². The molecule has 1 fully saturated rings. The number of hydrogen-bond donors (Lipinski definition) is 0. The Morgan fingerprint density at radius 1 is 0.917 bits per heavy atom. The Labute approximate surface area is 141 Å². The molecular weight excluding hydrogens is 309 g/mol. The van der Waals surface area contributed by atoms with E-state index in [1.807, 2.05) is 6.07 Å². The van der Waals surface area contributed by atoms with Gasteiger partial charge in [-0.05, 0) is 86.1 Å². The predicted molar refractivity (Wildman–Crippen MR) is 90.5 cm³/mol. The molecule has 0 N–H and O–H groups in total. The molecule has 24 heavy (non-hydrogen) atoms. The molecule has 0 bridgehead atoms. The van der Waals surface area contributed by atoms with Gasteiger partial charge in [-0.3, -0.25) is 0 Å². The van der Waals surface area contributed by atoms with Crippen LogP contribution in [0.15, 0.2) is 36.4 Å². The van der Waals surface area contributed by atoms with Crippen molar-refractivity contribution in [3.8, 4) is 0 Å². The van der Waals surface area contributed by atoms with Crippen LogP contribution in [0.3, 0.4) is 0 Å². The Morgan fingerprint density at radius 2 is 1.67 bits per heavy atom. The summed E-state index contributed by atoms with van der Waals surface area (Å²) in [5, 5.41) is 0. The van der Waals surface area contributed by atoms with E-state index in [0.717, 1.165) is 44.1 Å². The molecule has 0 heterocycles. The summed E-state index contributed by atoms with van der Waals surface area (Å²) >= 11 is 0. The van der Waals surface area contributed by atoms with E-state index in [0.29, 0.717) is 17.0 Å². The third-order valence-corrected chi connectivity index (χ3v) is 5.32. The highest BCUT2D eigenvalue weighted by atomic mass is 19.2. The summed E-state index contributed by atoms with van der Waals surface area (Å²) in [4.78, 5) is 0. The Bertz CT molecular complexity index is 700. The second kappa shape index (κ2) is 7.42. The molecule has 3 heteroatoms. The van der Waals surface area contributed by atoms with Crippen molar-refractivity contribution in [3.05, 3.63) is 70.5 Å². The Morgan fingerprint density at radius 3 is 2.38 bits per heavy atom. The van der Waals surface area contributed by atoms with E-state index in [1.165, 1.54) is 6.07 Å². The van der Waals surface area contributed by atoms with Crippen LogP contribution >= 0.6 is 0 Å². The molecule has 3 rings (SSSR count). The molecule has 1 aliphatic rings. The standard InChI is InChI=1S/C21H23F3/c1-14-5-12-19(21(24)20(14)23)17-10-8-15(9-11-17)6-7-16-3-2-4-18(22)13-16/h2-5,12-13,15,17H,6-11H2,1H3. The van der Waals surface area contributed by atoms with Crippen molar-refractivity contribution in [1.29, 1.82) is 0 Å². The normalized spacial score (nSPS) is 21.0. The maximum Gasteiger partial charge on any atom is 0.162 e. The van der Waals surface area contributed by atoms with Gasteiger partial charge in [-0.2, -0.15) is 0 Å². The Balaban J connectivity index is 1.55. The number of halogens is 3. The molecule has 0 spiro atoms. The minimum atomic E-state index is -0.708. The van der Waals surface area contributed by atoms with Crippen LogP contribution < -0.4 is 0 Å². The number of hydrogen-bond acceptors (Lipinski definition) is 0. The van der Waals surface area contributed by atoms with Crippen LogP contribution in [0, 0.1) is 30.3 Å². The minimum absolute atomic E-state index is 0.116. The van der Waals surface area contributed by atoms with Gasteiger partial charge in [0.2, 0.25) is 0 Å². The van der Waals surface area contributed by atoms with Crippen molar-refractivity contribution in [1.82, 2.24) is 0 Å². The second-order valence-corrected chi connectivity index (χ2v) is 6.99. The molecule has 0 radical (unpaired) electrons. The van der Waals surface area contributed by atoms with E-state index in [9.17, 15) is 13.2 Å². The monoisotopic (exact) mass is 332 g/mol. The quantitative estimate of drug-likeness (QED) is 0.614. The van der Waals surface area contributed by atoms with E-state index >= 15 is 0 Å². The first kappa shape index (κ1) is 17.1. The summed E-state index contributed by atoms with van der Waals surface area (Å²) in [5.41, 5.74) is 1.92. The lowest BCUT2D eigenvalue weighted by atomic mass is 9.76. The molecule has 0 aliphatic heterocycles. The number of rotatable bonds is 4. The Kier molecular flexibility index (Phi) is 5.27. The summed E-state index contributed by atoms with van der Waals surface area (Å²) in [6.45, 7) is 1.59. The zero-order chi connectivity index (χ0) is 17.1. The molecule has 0 nitrogen and oxygen atoms in total. The second-order valence-electron chi connectivity index (χ2n) is 6.99. The third-order valence-electron chi connectivity index (χ3n) is 5.32. The van der Waals surface area contributed by atoms with Crippen molar-refractivity contribution in [2.24, 2.45) is 5.92 Å². The van der Waals surface area contributed by atoms with Crippen LogP contribution in [0.5, 0.6) is 0 Å². The maximum atomic E-state index is 14.1. The van der Waals surface area contributed by atoms with Crippen LogP contribution in [0.1, 0.15) is 54.7 Å². The molecular formula is C21H23F3. The minimum Gasteiger partial charge on any atom is -0.207 e. The van der Waals surface area contributed by atoms with Gasteiger partial charge in [0, 0.05) is 0 Å². The van der Waals surface area contributed by atoms with Gasteiger partial charge in [0.15, 0.2) is 11.6 Å². The van der Waals surface area contributed by atoms with Gasteiger partial charge < -0.3 is 0 Å². The smallest absolute Gasteiger partial charge is 0.162 e. The molecule has 1 aliphatic carbocycles. The van der Waals surface area contributed by atoms with Crippen LogP contribution in [0.25, 0.3) is 0 Å². The average molecular weight is 332 g/mol. The summed E-state index contributed by atoms with van der Waals surface area (Å²) < 4.78 is 41.1. The first-order valence-corrected chi connectivity index (χ1v) is 8.73. The first-order chi connectivity index (χ1) is 11.5. The fourth-order valence-electron chi connectivity index (χ4n) is 3.80. The van der Waals surface area contributed by atoms with E-state index in [4.69, 9.17) is 0 Å². The molecule has 2 aromatic rings. The lowest BCUT2D eigenvalue weighted by Crippen LogP contribution is -2.15. The van der Waals surface area contributed by atoms with Crippen LogP contribution in [-0.4, -0.2) is 0 Å². The molecule has 0 atom stereocenters. The van der Waals surface area contributed by atoms with Crippen molar-refractivity contribution in [2.75, 3.05) is 0 Å². The van der Waals surface area contributed by atoms with Gasteiger partial charge >= 0.3 is 0 Å². The fraction of sp³-hybridized carbons (Fsp3) is 0.429. The van der Waals surface area contributed by atoms with Crippen LogP contribution in [0.2, 0.25) is 0 Å². The first-order valence-electron chi connectivity index (χ1n) is 8.73. The topological polar surface area (TPSA) is 0 Å².